The number of ether oxygens (including phenoxy) is 2. The number of nitrogens with one attached hydrogen (secondary N) is 1. The summed E-state index contributed by atoms with van der Waals surface area (Å²) in [7, 11) is -2.34. The minimum atomic E-state index is -2.34. The highest BCUT2D eigenvalue weighted by Crippen LogP contribution is 2.12. The molecule has 1 rings (SSSR count). The van der Waals surface area contributed by atoms with E-state index in [1.165, 1.54) is 12.5 Å². The van der Waals surface area contributed by atoms with Crippen LogP contribution in [0.5, 0.6) is 0 Å². The molecule has 28 heavy (non-hydrogen) atoms. The van der Waals surface area contributed by atoms with Crippen LogP contribution < -0.4 is 10.4 Å². The molecule has 0 saturated carbocycles. The number of hydrogen-bond donors (Lipinski definition) is 1. The van der Waals surface area contributed by atoms with Gasteiger partial charge >= 0.3 is 12.1 Å². The van der Waals surface area contributed by atoms with Crippen LogP contribution in [0, 0.1) is 0 Å². The van der Waals surface area contributed by atoms with Crippen molar-refractivity contribution in [3.63, 3.8) is 0 Å². The molecule has 1 atom stereocenters. The highest BCUT2D eigenvalue weighted by molar-refractivity contribution is 8.04. The Kier molecular flexibility index (Phi) is 8.68. The Morgan fingerprint density at radius 2 is 1.82 bits per heavy atom. The van der Waals surface area contributed by atoms with Gasteiger partial charge in [-0.25, -0.2) is 9.59 Å². The van der Waals surface area contributed by atoms with Crippen molar-refractivity contribution in [2.24, 2.45) is 0 Å². The van der Waals surface area contributed by atoms with Gasteiger partial charge in [-0.1, -0.05) is 36.1 Å². The van der Waals surface area contributed by atoms with Gasteiger partial charge in [0.05, 0.1) is 0 Å². The Morgan fingerprint density at radius 3 is 2.36 bits per heavy atom. The van der Waals surface area contributed by atoms with Gasteiger partial charge in [0.2, 0.25) is 0 Å². The number of carbonyl (C=O) groups excluding carboxylic acids is 2. The molecule has 1 aromatic rings. The van der Waals surface area contributed by atoms with Crippen LogP contribution in [0.15, 0.2) is 41.5 Å². The van der Waals surface area contributed by atoms with Gasteiger partial charge in [0.1, 0.15) is 46.1 Å². The topological polar surface area (TPSA) is 105 Å². The third-order valence-electron chi connectivity index (χ3n) is 3.29. The van der Waals surface area contributed by atoms with Gasteiger partial charge in [0, 0.05) is 0 Å². The number of esters is 1. The Bertz CT molecular complexity index is 733. The van der Waals surface area contributed by atoms with Crippen LogP contribution in [0.4, 0.5) is 4.79 Å². The van der Waals surface area contributed by atoms with Crippen LogP contribution >= 0.6 is 0 Å². The third-order valence-corrected chi connectivity index (χ3v) is 4.12. The van der Waals surface area contributed by atoms with Crippen LogP contribution in [-0.2, 0) is 35.0 Å². The maximum atomic E-state index is 12.4. The summed E-state index contributed by atoms with van der Waals surface area (Å²) in [5.41, 5.74) is 0.0650. The lowest BCUT2D eigenvalue weighted by Crippen LogP contribution is -2.44. The Hall–Kier alpha value is -2.35. The predicted octanol–water partition coefficient (Wildman–Crippen LogP) is 2.36. The van der Waals surface area contributed by atoms with E-state index >= 15 is 0 Å². The maximum Gasteiger partial charge on any atom is 0.408 e. The van der Waals surface area contributed by atoms with Crippen LogP contribution in [0.2, 0.25) is 0 Å². The van der Waals surface area contributed by atoms with Gasteiger partial charge in [0.25, 0.3) is 0 Å². The zero-order valence-corrected chi connectivity index (χ0v) is 17.8. The molecule has 0 aliphatic carbocycles. The summed E-state index contributed by atoms with van der Waals surface area (Å²) in [5.74, 6) is -1.03. The SMILES string of the molecule is CC(C)(C)OC(=O)NC(CC/C([O-])=C/[S+](C)(C)=O)C(=O)OCc1ccccc1. The first-order valence-electron chi connectivity index (χ1n) is 8.87. The molecule has 0 fully saturated rings. The van der Waals surface area contributed by atoms with Crippen LogP contribution in [0.1, 0.15) is 39.2 Å². The largest absolute Gasteiger partial charge is 0.873 e. The van der Waals surface area contributed by atoms with E-state index in [2.05, 4.69) is 5.32 Å². The fraction of sp³-hybridized carbons (Fsp3) is 0.500. The summed E-state index contributed by atoms with van der Waals surface area (Å²) >= 11 is 0. The summed E-state index contributed by atoms with van der Waals surface area (Å²) in [6, 6.07) is 8.05. The van der Waals surface area contributed by atoms with Crippen LogP contribution in [-0.4, -0.2) is 36.2 Å². The summed E-state index contributed by atoms with van der Waals surface area (Å²) in [5, 5.41) is 15.5. The van der Waals surface area contributed by atoms with Crippen LogP contribution in [0.25, 0.3) is 0 Å². The molecule has 0 aliphatic heterocycles. The second-order valence-electron chi connectivity index (χ2n) is 7.72. The molecule has 0 bridgehead atoms. The molecule has 0 radical (unpaired) electrons. The second kappa shape index (κ2) is 10.3. The molecule has 1 unspecified atom stereocenters. The maximum absolute atomic E-state index is 12.4. The van der Waals surface area contributed by atoms with E-state index in [-0.39, 0.29) is 25.2 Å². The Labute approximate surface area is 167 Å². The van der Waals surface area contributed by atoms with E-state index < -0.39 is 33.6 Å². The highest BCUT2D eigenvalue weighted by atomic mass is 32.2. The molecule has 1 aromatic carbocycles. The minimum Gasteiger partial charge on any atom is -0.873 e. The van der Waals surface area contributed by atoms with Crippen molar-refractivity contribution in [3.8, 4) is 0 Å². The number of rotatable bonds is 8. The normalized spacial score (nSPS) is 13.5. The van der Waals surface area contributed by atoms with Crippen molar-refractivity contribution in [2.45, 2.75) is 51.9 Å². The van der Waals surface area contributed by atoms with E-state index in [9.17, 15) is 18.9 Å². The molecular formula is C20H29NO6S. The number of hydrogen-bond acceptors (Lipinski definition) is 6. The molecule has 8 heteroatoms. The average molecular weight is 412 g/mol. The number of benzene rings is 1. The van der Waals surface area contributed by atoms with E-state index in [1.807, 2.05) is 18.2 Å². The Balaban J connectivity index is 2.78. The zero-order chi connectivity index (χ0) is 21.4. The minimum absolute atomic E-state index is 0.0116. The van der Waals surface area contributed by atoms with Crippen molar-refractivity contribution in [2.75, 3.05) is 12.5 Å². The second-order valence-corrected chi connectivity index (χ2v) is 10.6. The standard InChI is InChI=1S/C20H29NO6S/c1-20(2,3)27-19(24)21-17(12-11-16(22)14-28(4,5)25)18(23)26-13-15-9-7-6-8-10-15/h6-10,14,17H,11-13H2,1-5H3,(H-,21,22,24,25). The first kappa shape index (κ1) is 23.7. The molecule has 1 N–H and O–H groups in total. The molecule has 0 spiro atoms. The van der Waals surface area contributed by atoms with Crippen molar-refractivity contribution < 1.29 is 28.4 Å². The monoisotopic (exact) mass is 411 g/mol. The molecule has 7 nitrogen and oxygen atoms in total. The van der Waals surface area contributed by atoms with Crippen molar-refractivity contribution in [3.05, 3.63) is 47.1 Å². The number of carbonyl (C=O) groups is 2. The van der Waals surface area contributed by atoms with Gasteiger partial charge in [-0.05, 0) is 39.2 Å². The van der Waals surface area contributed by atoms with Crippen molar-refractivity contribution >= 4 is 22.0 Å². The number of allylic oxidation sites excluding steroid dienone is 1. The first-order valence-corrected chi connectivity index (χ1v) is 11.3. The molecule has 156 valence electrons. The van der Waals surface area contributed by atoms with Crippen molar-refractivity contribution in [1.82, 2.24) is 5.32 Å². The molecule has 1 amide bonds. The first-order chi connectivity index (χ1) is 12.9. The lowest BCUT2D eigenvalue weighted by Gasteiger charge is -2.23. The summed E-state index contributed by atoms with van der Waals surface area (Å²) in [6.45, 7) is 5.15. The van der Waals surface area contributed by atoms with Gasteiger partial charge in [-0.15, -0.1) is 4.21 Å². The molecule has 0 aromatic heterocycles. The lowest BCUT2D eigenvalue weighted by atomic mass is 10.1. The summed E-state index contributed by atoms with van der Waals surface area (Å²) in [4.78, 5) is 24.5. The predicted molar refractivity (Wildman–Crippen MR) is 107 cm³/mol. The highest BCUT2D eigenvalue weighted by Gasteiger charge is 2.25. The average Bonchev–Trinajstić information content (AvgIpc) is 2.54. The van der Waals surface area contributed by atoms with Gasteiger partial charge in [0.15, 0.2) is 0 Å². The van der Waals surface area contributed by atoms with E-state index in [0.29, 0.717) is 0 Å². The lowest BCUT2D eigenvalue weighted by molar-refractivity contribution is -0.306. The zero-order valence-electron chi connectivity index (χ0n) is 17.0. The van der Waals surface area contributed by atoms with E-state index in [1.54, 1.807) is 32.9 Å². The quantitative estimate of drug-likeness (QED) is 0.400. The summed E-state index contributed by atoms with van der Waals surface area (Å²) in [6.07, 6.45) is 2.09. The number of amides is 1. The smallest absolute Gasteiger partial charge is 0.408 e. The van der Waals surface area contributed by atoms with Gasteiger partial charge in [-0.3, -0.25) is 0 Å². The molecular weight excluding hydrogens is 382 g/mol. The summed E-state index contributed by atoms with van der Waals surface area (Å²) < 4.78 is 22.2. The van der Waals surface area contributed by atoms with Crippen LogP contribution in [0.3, 0.4) is 0 Å². The van der Waals surface area contributed by atoms with Gasteiger partial charge in [-0.2, -0.15) is 0 Å². The van der Waals surface area contributed by atoms with Gasteiger partial charge < -0.3 is 19.9 Å². The van der Waals surface area contributed by atoms with Crippen molar-refractivity contribution in [1.29, 1.82) is 0 Å². The molecule has 0 saturated heterocycles. The Morgan fingerprint density at radius 1 is 1.21 bits per heavy atom. The number of alkyl carbamates (subject to hydrolysis) is 1. The molecule has 0 heterocycles. The third kappa shape index (κ3) is 10.7. The molecule has 0 aliphatic rings. The van der Waals surface area contributed by atoms with E-state index in [0.717, 1.165) is 11.0 Å². The van der Waals surface area contributed by atoms with E-state index in [4.69, 9.17) is 9.47 Å². The fourth-order valence-corrected chi connectivity index (χ4v) is 2.94. The fourth-order valence-electron chi connectivity index (χ4n) is 2.19.